The van der Waals surface area contributed by atoms with Gasteiger partial charge in [0.05, 0.1) is 22.4 Å². The SMILES string of the molecule is CCOc1cccc(/C=C(/C#N)c2nc3ccccc3s2)c1. The zero-order valence-corrected chi connectivity index (χ0v) is 12.9. The van der Waals surface area contributed by atoms with Crippen LogP contribution in [0.4, 0.5) is 0 Å². The Morgan fingerprint density at radius 2 is 2.14 bits per heavy atom. The molecule has 22 heavy (non-hydrogen) atoms. The Bertz CT molecular complexity index is 841. The average molecular weight is 306 g/mol. The summed E-state index contributed by atoms with van der Waals surface area (Å²) >= 11 is 1.53. The molecule has 0 aliphatic carbocycles. The van der Waals surface area contributed by atoms with Gasteiger partial charge in [-0.3, -0.25) is 0 Å². The first-order valence-corrected chi connectivity index (χ1v) is 7.82. The monoisotopic (exact) mass is 306 g/mol. The van der Waals surface area contributed by atoms with Gasteiger partial charge in [-0.05, 0) is 42.8 Å². The second kappa shape index (κ2) is 6.42. The van der Waals surface area contributed by atoms with Crippen molar-refractivity contribution in [3.63, 3.8) is 0 Å². The molecule has 0 N–H and O–H groups in total. The minimum atomic E-state index is 0.565. The van der Waals surface area contributed by atoms with Crippen molar-refractivity contribution < 1.29 is 4.74 Å². The van der Waals surface area contributed by atoms with Crippen LogP contribution in [0, 0.1) is 11.3 Å². The number of thiazole rings is 1. The number of nitrogens with zero attached hydrogens (tertiary/aromatic N) is 2. The van der Waals surface area contributed by atoms with E-state index in [4.69, 9.17) is 4.74 Å². The second-order valence-corrected chi connectivity index (χ2v) is 5.69. The lowest BCUT2D eigenvalue weighted by Gasteiger charge is -2.03. The number of rotatable bonds is 4. The van der Waals surface area contributed by atoms with Gasteiger partial charge in [0.25, 0.3) is 0 Å². The molecule has 0 fully saturated rings. The standard InChI is InChI=1S/C18H14N2OS/c1-2-21-15-7-5-6-13(11-15)10-14(12-19)18-20-16-8-3-4-9-17(16)22-18/h3-11H,2H2,1H3/b14-10-. The Kier molecular flexibility index (Phi) is 4.17. The number of nitriles is 1. The van der Waals surface area contributed by atoms with E-state index in [9.17, 15) is 5.26 Å². The number of aromatic nitrogens is 1. The van der Waals surface area contributed by atoms with Crippen LogP contribution >= 0.6 is 11.3 Å². The Hall–Kier alpha value is -2.64. The summed E-state index contributed by atoms with van der Waals surface area (Å²) in [4.78, 5) is 4.54. The van der Waals surface area contributed by atoms with Crippen molar-refractivity contribution in [2.75, 3.05) is 6.61 Å². The van der Waals surface area contributed by atoms with E-state index in [1.54, 1.807) is 0 Å². The number of hydrogen-bond acceptors (Lipinski definition) is 4. The topological polar surface area (TPSA) is 45.9 Å². The van der Waals surface area contributed by atoms with Gasteiger partial charge in [0.15, 0.2) is 0 Å². The zero-order valence-electron chi connectivity index (χ0n) is 12.1. The van der Waals surface area contributed by atoms with E-state index in [-0.39, 0.29) is 0 Å². The van der Waals surface area contributed by atoms with Crippen LogP contribution in [0.3, 0.4) is 0 Å². The molecular weight excluding hydrogens is 292 g/mol. The van der Waals surface area contributed by atoms with Crippen molar-refractivity contribution in [3.8, 4) is 11.8 Å². The molecule has 0 saturated heterocycles. The van der Waals surface area contributed by atoms with Crippen LogP contribution in [0.1, 0.15) is 17.5 Å². The van der Waals surface area contributed by atoms with Gasteiger partial charge in [-0.1, -0.05) is 24.3 Å². The van der Waals surface area contributed by atoms with Gasteiger partial charge in [-0.25, -0.2) is 4.98 Å². The molecule has 0 unspecified atom stereocenters. The number of fused-ring (bicyclic) bond motifs is 1. The maximum absolute atomic E-state index is 9.46. The van der Waals surface area contributed by atoms with Crippen LogP contribution in [-0.2, 0) is 0 Å². The molecule has 0 saturated carbocycles. The van der Waals surface area contributed by atoms with Gasteiger partial charge in [0.2, 0.25) is 0 Å². The van der Waals surface area contributed by atoms with Crippen molar-refractivity contribution in [2.24, 2.45) is 0 Å². The van der Waals surface area contributed by atoms with E-state index in [1.807, 2.05) is 61.5 Å². The molecule has 3 rings (SSSR count). The van der Waals surface area contributed by atoms with E-state index in [1.165, 1.54) is 11.3 Å². The molecule has 0 bridgehead atoms. The van der Waals surface area contributed by atoms with Crippen molar-refractivity contribution >= 4 is 33.2 Å². The average Bonchev–Trinajstić information content (AvgIpc) is 2.97. The fraction of sp³-hybridized carbons (Fsp3) is 0.111. The largest absolute Gasteiger partial charge is 0.494 e. The summed E-state index contributed by atoms with van der Waals surface area (Å²) in [7, 11) is 0. The zero-order chi connectivity index (χ0) is 15.4. The summed E-state index contributed by atoms with van der Waals surface area (Å²) < 4.78 is 6.58. The summed E-state index contributed by atoms with van der Waals surface area (Å²) in [6.07, 6.45) is 1.85. The minimum absolute atomic E-state index is 0.565. The van der Waals surface area contributed by atoms with Gasteiger partial charge in [0.1, 0.15) is 16.8 Å². The molecule has 4 heteroatoms. The van der Waals surface area contributed by atoms with E-state index in [0.717, 1.165) is 26.5 Å². The highest BCUT2D eigenvalue weighted by atomic mass is 32.1. The first kappa shape index (κ1) is 14.3. The van der Waals surface area contributed by atoms with Crippen LogP contribution in [0.25, 0.3) is 21.9 Å². The lowest BCUT2D eigenvalue weighted by molar-refractivity contribution is 0.340. The van der Waals surface area contributed by atoms with Crippen LogP contribution in [0.5, 0.6) is 5.75 Å². The first-order valence-electron chi connectivity index (χ1n) is 7.01. The third kappa shape index (κ3) is 3.00. The van der Waals surface area contributed by atoms with Gasteiger partial charge >= 0.3 is 0 Å². The predicted octanol–water partition coefficient (Wildman–Crippen LogP) is 4.76. The maximum atomic E-state index is 9.46. The van der Waals surface area contributed by atoms with E-state index in [2.05, 4.69) is 11.1 Å². The second-order valence-electron chi connectivity index (χ2n) is 4.66. The number of ether oxygens (including phenoxy) is 1. The van der Waals surface area contributed by atoms with E-state index >= 15 is 0 Å². The van der Waals surface area contributed by atoms with E-state index < -0.39 is 0 Å². The predicted molar refractivity (Wildman–Crippen MR) is 90.7 cm³/mol. The normalized spacial score (nSPS) is 11.4. The lowest BCUT2D eigenvalue weighted by atomic mass is 10.1. The highest BCUT2D eigenvalue weighted by Gasteiger charge is 2.08. The molecule has 0 amide bonds. The quantitative estimate of drug-likeness (QED) is 0.653. The Labute approximate surface area is 133 Å². The number of hydrogen-bond donors (Lipinski definition) is 0. The molecule has 3 nitrogen and oxygen atoms in total. The Morgan fingerprint density at radius 1 is 1.27 bits per heavy atom. The van der Waals surface area contributed by atoms with Gasteiger partial charge in [-0.15, -0.1) is 11.3 Å². The van der Waals surface area contributed by atoms with Crippen LogP contribution in [-0.4, -0.2) is 11.6 Å². The van der Waals surface area contributed by atoms with Gasteiger partial charge in [0, 0.05) is 0 Å². The van der Waals surface area contributed by atoms with Crippen LogP contribution in [0.15, 0.2) is 48.5 Å². The van der Waals surface area contributed by atoms with Gasteiger partial charge in [-0.2, -0.15) is 5.26 Å². The molecule has 0 spiro atoms. The van der Waals surface area contributed by atoms with Crippen molar-refractivity contribution in [1.29, 1.82) is 5.26 Å². The summed E-state index contributed by atoms with van der Waals surface area (Å²) in [5.74, 6) is 0.804. The van der Waals surface area contributed by atoms with Gasteiger partial charge < -0.3 is 4.74 Å². The molecular formula is C18H14N2OS. The van der Waals surface area contributed by atoms with Crippen molar-refractivity contribution in [1.82, 2.24) is 4.98 Å². The third-order valence-electron chi connectivity index (χ3n) is 3.12. The molecule has 108 valence electrons. The summed E-state index contributed by atoms with van der Waals surface area (Å²) in [6.45, 7) is 2.57. The number of allylic oxidation sites excluding steroid dienone is 1. The molecule has 1 heterocycles. The highest BCUT2D eigenvalue weighted by Crippen LogP contribution is 2.28. The third-order valence-corrected chi connectivity index (χ3v) is 4.19. The molecule has 2 aromatic carbocycles. The van der Waals surface area contributed by atoms with E-state index in [0.29, 0.717) is 12.2 Å². The highest BCUT2D eigenvalue weighted by molar-refractivity contribution is 7.19. The molecule has 0 aliphatic rings. The van der Waals surface area contributed by atoms with Crippen molar-refractivity contribution in [2.45, 2.75) is 6.92 Å². The van der Waals surface area contributed by atoms with Crippen LogP contribution < -0.4 is 4.74 Å². The summed E-state index contributed by atoms with van der Waals surface area (Å²) in [5, 5.41) is 10.2. The number of para-hydroxylation sites is 1. The molecule has 0 aliphatic heterocycles. The summed E-state index contributed by atoms with van der Waals surface area (Å²) in [5.41, 5.74) is 2.42. The fourth-order valence-corrected chi connectivity index (χ4v) is 3.09. The first-order chi connectivity index (χ1) is 10.8. The lowest BCUT2D eigenvalue weighted by Crippen LogP contribution is -1.91. The Morgan fingerprint density at radius 3 is 2.91 bits per heavy atom. The molecule has 1 aromatic heterocycles. The summed E-state index contributed by atoms with van der Waals surface area (Å²) in [6, 6.07) is 17.9. The molecule has 0 atom stereocenters. The van der Waals surface area contributed by atoms with Crippen LogP contribution in [0.2, 0.25) is 0 Å². The molecule has 0 radical (unpaired) electrons. The fourth-order valence-electron chi connectivity index (χ4n) is 2.16. The Balaban J connectivity index is 1.99. The number of benzene rings is 2. The molecule has 3 aromatic rings. The smallest absolute Gasteiger partial charge is 0.135 e. The maximum Gasteiger partial charge on any atom is 0.135 e. The minimum Gasteiger partial charge on any atom is -0.494 e. The van der Waals surface area contributed by atoms with Crippen molar-refractivity contribution in [3.05, 3.63) is 59.1 Å².